The summed E-state index contributed by atoms with van der Waals surface area (Å²) in [6.07, 6.45) is 10.1. The SMILES string of the molecule is C=C(C)C=CC1CCCC(C)C1. The molecule has 0 nitrogen and oxygen atoms in total. The highest BCUT2D eigenvalue weighted by atomic mass is 14.2. The number of hydrogen-bond donors (Lipinski definition) is 0. The smallest absolute Gasteiger partial charge is 0.0228 e. The molecule has 12 heavy (non-hydrogen) atoms. The van der Waals surface area contributed by atoms with Crippen LogP contribution >= 0.6 is 0 Å². The largest absolute Gasteiger partial charge is 0.0961 e. The minimum Gasteiger partial charge on any atom is -0.0961 e. The van der Waals surface area contributed by atoms with E-state index in [0.29, 0.717) is 0 Å². The van der Waals surface area contributed by atoms with Crippen molar-refractivity contribution in [3.8, 4) is 0 Å². The van der Waals surface area contributed by atoms with E-state index in [2.05, 4.69) is 32.6 Å². The molecule has 0 radical (unpaired) electrons. The van der Waals surface area contributed by atoms with Gasteiger partial charge in [-0.15, -0.1) is 0 Å². The Morgan fingerprint density at radius 3 is 2.75 bits per heavy atom. The molecule has 0 aromatic rings. The minimum atomic E-state index is 0.824. The van der Waals surface area contributed by atoms with Crippen molar-refractivity contribution in [2.24, 2.45) is 11.8 Å². The van der Waals surface area contributed by atoms with Gasteiger partial charge in [-0.2, -0.15) is 0 Å². The lowest BCUT2D eigenvalue weighted by molar-refractivity contribution is 0.325. The molecular formula is C12H20. The molecule has 0 aromatic carbocycles. The van der Waals surface area contributed by atoms with Crippen LogP contribution < -0.4 is 0 Å². The Bertz CT molecular complexity index is 176. The van der Waals surface area contributed by atoms with E-state index in [-0.39, 0.29) is 0 Å². The van der Waals surface area contributed by atoms with E-state index in [0.717, 1.165) is 11.8 Å². The van der Waals surface area contributed by atoms with Crippen molar-refractivity contribution in [3.63, 3.8) is 0 Å². The average molecular weight is 164 g/mol. The fourth-order valence-electron chi connectivity index (χ4n) is 1.96. The third kappa shape index (κ3) is 3.25. The summed E-state index contributed by atoms with van der Waals surface area (Å²) in [7, 11) is 0. The normalized spacial score (nSPS) is 30.8. The van der Waals surface area contributed by atoms with Crippen LogP contribution in [0.15, 0.2) is 24.3 Å². The molecule has 1 aliphatic carbocycles. The molecule has 0 heteroatoms. The van der Waals surface area contributed by atoms with Crippen molar-refractivity contribution in [1.82, 2.24) is 0 Å². The Morgan fingerprint density at radius 1 is 1.42 bits per heavy atom. The Kier molecular flexibility index (Phi) is 3.58. The third-order valence-corrected chi connectivity index (χ3v) is 2.63. The highest BCUT2D eigenvalue weighted by molar-refractivity contribution is 5.12. The van der Waals surface area contributed by atoms with Crippen LogP contribution in [0.4, 0.5) is 0 Å². The molecule has 0 aromatic heterocycles. The van der Waals surface area contributed by atoms with Gasteiger partial charge in [0, 0.05) is 0 Å². The Balaban J connectivity index is 2.36. The maximum absolute atomic E-state index is 3.87. The molecule has 0 bridgehead atoms. The lowest BCUT2D eigenvalue weighted by Gasteiger charge is -2.24. The third-order valence-electron chi connectivity index (χ3n) is 2.63. The summed E-state index contributed by atoms with van der Waals surface area (Å²) >= 11 is 0. The van der Waals surface area contributed by atoms with Crippen molar-refractivity contribution >= 4 is 0 Å². The van der Waals surface area contributed by atoms with E-state index in [1.54, 1.807) is 0 Å². The van der Waals surface area contributed by atoms with Gasteiger partial charge in [0.2, 0.25) is 0 Å². The fourth-order valence-corrected chi connectivity index (χ4v) is 1.96. The van der Waals surface area contributed by atoms with Gasteiger partial charge in [0.1, 0.15) is 0 Å². The highest BCUT2D eigenvalue weighted by Crippen LogP contribution is 2.29. The summed E-state index contributed by atoms with van der Waals surface area (Å²) in [6, 6.07) is 0. The molecule has 0 saturated heterocycles. The van der Waals surface area contributed by atoms with E-state index in [1.807, 2.05) is 0 Å². The van der Waals surface area contributed by atoms with E-state index < -0.39 is 0 Å². The fraction of sp³-hybridized carbons (Fsp3) is 0.667. The second-order valence-corrected chi connectivity index (χ2v) is 4.24. The molecule has 0 aliphatic heterocycles. The first-order chi connectivity index (χ1) is 5.68. The van der Waals surface area contributed by atoms with Crippen LogP contribution in [0.5, 0.6) is 0 Å². The summed E-state index contributed by atoms with van der Waals surface area (Å²) in [5, 5.41) is 0. The molecular weight excluding hydrogens is 144 g/mol. The van der Waals surface area contributed by atoms with Gasteiger partial charge in [-0.05, 0) is 31.6 Å². The quantitative estimate of drug-likeness (QED) is 0.542. The lowest BCUT2D eigenvalue weighted by atomic mass is 9.82. The van der Waals surface area contributed by atoms with Crippen LogP contribution in [-0.2, 0) is 0 Å². The van der Waals surface area contributed by atoms with Crippen molar-refractivity contribution in [3.05, 3.63) is 24.3 Å². The Hall–Kier alpha value is -0.520. The van der Waals surface area contributed by atoms with Gasteiger partial charge in [0.25, 0.3) is 0 Å². The van der Waals surface area contributed by atoms with Crippen LogP contribution in [0, 0.1) is 11.8 Å². The molecule has 1 rings (SSSR count). The molecule has 0 amide bonds. The monoisotopic (exact) mass is 164 g/mol. The van der Waals surface area contributed by atoms with E-state index in [1.165, 1.54) is 31.3 Å². The number of hydrogen-bond acceptors (Lipinski definition) is 0. The maximum Gasteiger partial charge on any atom is -0.0228 e. The molecule has 2 unspecified atom stereocenters. The number of allylic oxidation sites excluding steroid dienone is 3. The Labute approximate surface area is 76.4 Å². The average Bonchev–Trinajstić information content (AvgIpc) is 2.01. The minimum absolute atomic E-state index is 0.824. The first kappa shape index (κ1) is 9.57. The van der Waals surface area contributed by atoms with Crippen molar-refractivity contribution in [1.29, 1.82) is 0 Å². The molecule has 0 spiro atoms. The zero-order valence-corrected chi connectivity index (χ0v) is 8.34. The van der Waals surface area contributed by atoms with Crippen LogP contribution in [0.3, 0.4) is 0 Å². The molecule has 68 valence electrons. The molecule has 1 saturated carbocycles. The molecule has 1 aliphatic rings. The van der Waals surface area contributed by atoms with Crippen molar-refractivity contribution < 1.29 is 0 Å². The summed E-state index contributed by atoms with van der Waals surface area (Å²) in [5.74, 6) is 1.75. The molecule has 0 N–H and O–H groups in total. The highest BCUT2D eigenvalue weighted by Gasteiger charge is 2.15. The topological polar surface area (TPSA) is 0 Å². The standard InChI is InChI=1S/C12H20/c1-10(2)7-8-12-6-4-5-11(3)9-12/h7-8,11-12H,1,4-6,9H2,2-3H3. The first-order valence-electron chi connectivity index (χ1n) is 5.02. The Morgan fingerprint density at radius 2 is 2.17 bits per heavy atom. The molecule has 0 heterocycles. The summed E-state index contributed by atoms with van der Waals surface area (Å²) in [6.45, 7) is 8.29. The van der Waals surface area contributed by atoms with Crippen LogP contribution in [0.2, 0.25) is 0 Å². The maximum atomic E-state index is 3.87. The van der Waals surface area contributed by atoms with Crippen LogP contribution in [-0.4, -0.2) is 0 Å². The predicted molar refractivity (Wildman–Crippen MR) is 55.1 cm³/mol. The van der Waals surface area contributed by atoms with Gasteiger partial charge < -0.3 is 0 Å². The molecule has 2 atom stereocenters. The second-order valence-electron chi connectivity index (χ2n) is 4.24. The first-order valence-corrected chi connectivity index (χ1v) is 5.02. The van der Waals surface area contributed by atoms with Gasteiger partial charge >= 0.3 is 0 Å². The second kappa shape index (κ2) is 4.49. The zero-order valence-electron chi connectivity index (χ0n) is 8.34. The van der Waals surface area contributed by atoms with Gasteiger partial charge in [-0.25, -0.2) is 0 Å². The zero-order chi connectivity index (χ0) is 8.97. The van der Waals surface area contributed by atoms with E-state index in [4.69, 9.17) is 0 Å². The summed E-state index contributed by atoms with van der Waals surface area (Å²) < 4.78 is 0. The van der Waals surface area contributed by atoms with E-state index >= 15 is 0 Å². The summed E-state index contributed by atoms with van der Waals surface area (Å²) in [5.41, 5.74) is 1.17. The lowest BCUT2D eigenvalue weighted by Crippen LogP contribution is -2.10. The summed E-state index contributed by atoms with van der Waals surface area (Å²) in [4.78, 5) is 0. The van der Waals surface area contributed by atoms with Crippen molar-refractivity contribution in [2.75, 3.05) is 0 Å². The van der Waals surface area contributed by atoms with Gasteiger partial charge in [-0.3, -0.25) is 0 Å². The van der Waals surface area contributed by atoms with Gasteiger partial charge in [0.15, 0.2) is 0 Å². The van der Waals surface area contributed by atoms with E-state index in [9.17, 15) is 0 Å². The number of rotatable bonds is 2. The van der Waals surface area contributed by atoms with Crippen LogP contribution in [0.1, 0.15) is 39.5 Å². The van der Waals surface area contributed by atoms with Gasteiger partial charge in [0.05, 0.1) is 0 Å². The van der Waals surface area contributed by atoms with Crippen LogP contribution in [0.25, 0.3) is 0 Å². The predicted octanol–water partition coefficient (Wildman–Crippen LogP) is 3.95. The van der Waals surface area contributed by atoms with Crippen molar-refractivity contribution in [2.45, 2.75) is 39.5 Å². The van der Waals surface area contributed by atoms with Gasteiger partial charge in [-0.1, -0.05) is 44.1 Å². The molecule has 1 fully saturated rings.